The highest BCUT2D eigenvalue weighted by Gasteiger charge is 2.19. The van der Waals surface area contributed by atoms with Crippen molar-refractivity contribution >= 4 is 46.6 Å². The van der Waals surface area contributed by atoms with E-state index in [-0.39, 0.29) is 23.4 Å². The van der Waals surface area contributed by atoms with E-state index in [1.165, 1.54) is 12.1 Å². The molecule has 1 saturated heterocycles. The quantitative estimate of drug-likeness (QED) is 0.851. The number of nitrogens with zero attached hydrogens (tertiary/aromatic N) is 1. The smallest absolute Gasteiger partial charge is 0.260 e. The molecule has 1 fully saturated rings. The minimum atomic E-state index is -0.214. The number of hydrogen-bond donors (Lipinski definition) is 1. The summed E-state index contributed by atoms with van der Waals surface area (Å²) in [6.07, 6.45) is 0.291. The Morgan fingerprint density at radius 1 is 1.19 bits per heavy atom. The third-order valence-corrected chi connectivity index (χ3v) is 4.01. The Hall–Kier alpha value is -1.17. The first kappa shape index (κ1) is 16.2. The number of hydrogen-bond acceptors (Lipinski definition) is 3. The van der Waals surface area contributed by atoms with Gasteiger partial charge in [-0.3, -0.25) is 9.59 Å². The van der Waals surface area contributed by atoms with Crippen LogP contribution in [-0.4, -0.2) is 43.0 Å². The van der Waals surface area contributed by atoms with Crippen LogP contribution < -0.4 is 10.1 Å². The molecule has 0 spiro atoms. The zero-order chi connectivity index (χ0) is 15.4. The molecule has 0 radical (unpaired) electrons. The molecule has 0 aromatic heterocycles. The standard InChI is InChI=1S/C13H13Cl3N2O3/c14-8-5-10(16)11(6-9(8)15)21-7-13(20)18-3-1-12(19)17-2-4-18/h5-6H,1-4,7H2,(H,17,19). The molecule has 8 heteroatoms. The second kappa shape index (κ2) is 7.20. The van der Waals surface area contributed by atoms with Gasteiger partial charge in [0, 0.05) is 32.1 Å². The second-order valence-electron chi connectivity index (χ2n) is 4.47. The van der Waals surface area contributed by atoms with Gasteiger partial charge in [0.15, 0.2) is 6.61 Å². The first-order valence-electron chi connectivity index (χ1n) is 6.29. The van der Waals surface area contributed by atoms with Crippen LogP contribution in [0, 0.1) is 0 Å². The molecule has 0 aliphatic carbocycles. The van der Waals surface area contributed by atoms with Crippen molar-refractivity contribution in [2.45, 2.75) is 6.42 Å². The van der Waals surface area contributed by atoms with E-state index in [9.17, 15) is 9.59 Å². The molecule has 1 N–H and O–H groups in total. The zero-order valence-electron chi connectivity index (χ0n) is 11.0. The van der Waals surface area contributed by atoms with E-state index in [1.54, 1.807) is 4.90 Å². The first-order valence-corrected chi connectivity index (χ1v) is 7.42. The summed E-state index contributed by atoms with van der Waals surface area (Å²) in [5, 5.41) is 3.60. The van der Waals surface area contributed by atoms with Crippen LogP contribution >= 0.6 is 34.8 Å². The number of halogens is 3. The number of rotatable bonds is 3. The highest BCUT2D eigenvalue weighted by atomic mass is 35.5. The van der Waals surface area contributed by atoms with Crippen LogP contribution in [0.4, 0.5) is 0 Å². The average molecular weight is 352 g/mol. The van der Waals surface area contributed by atoms with Crippen molar-refractivity contribution in [1.29, 1.82) is 0 Å². The van der Waals surface area contributed by atoms with Crippen molar-refractivity contribution in [2.24, 2.45) is 0 Å². The Morgan fingerprint density at radius 3 is 2.67 bits per heavy atom. The van der Waals surface area contributed by atoms with Crippen molar-refractivity contribution in [3.8, 4) is 5.75 Å². The SMILES string of the molecule is O=C1CCN(C(=O)COc2cc(Cl)c(Cl)cc2Cl)CCN1. The lowest BCUT2D eigenvalue weighted by atomic mass is 10.3. The van der Waals surface area contributed by atoms with Gasteiger partial charge in [0.05, 0.1) is 15.1 Å². The van der Waals surface area contributed by atoms with Crippen LogP contribution in [0.15, 0.2) is 12.1 Å². The van der Waals surface area contributed by atoms with Gasteiger partial charge >= 0.3 is 0 Å². The summed E-state index contributed by atoms with van der Waals surface area (Å²) in [6, 6.07) is 2.92. The number of amides is 2. The third kappa shape index (κ3) is 4.40. The van der Waals surface area contributed by atoms with Gasteiger partial charge in [0.25, 0.3) is 5.91 Å². The molecule has 1 heterocycles. The predicted molar refractivity (Wildman–Crippen MR) is 81.2 cm³/mol. The number of carbonyl (C=O) groups is 2. The maximum absolute atomic E-state index is 12.1. The predicted octanol–water partition coefficient (Wildman–Crippen LogP) is 2.37. The van der Waals surface area contributed by atoms with E-state index in [2.05, 4.69) is 5.32 Å². The molecule has 2 rings (SSSR count). The Balaban J connectivity index is 1.94. The highest BCUT2D eigenvalue weighted by molar-refractivity contribution is 6.43. The summed E-state index contributed by atoms with van der Waals surface area (Å²) >= 11 is 17.7. The van der Waals surface area contributed by atoms with Crippen molar-refractivity contribution in [2.75, 3.05) is 26.2 Å². The van der Waals surface area contributed by atoms with E-state index in [1.807, 2.05) is 0 Å². The van der Waals surface area contributed by atoms with Crippen molar-refractivity contribution < 1.29 is 14.3 Å². The van der Waals surface area contributed by atoms with E-state index >= 15 is 0 Å². The zero-order valence-corrected chi connectivity index (χ0v) is 13.3. The molecule has 2 amide bonds. The van der Waals surface area contributed by atoms with Crippen LogP contribution in [0.1, 0.15) is 6.42 Å². The largest absolute Gasteiger partial charge is 0.482 e. The van der Waals surface area contributed by atoms with Crippen LogP contribution in [0.2, 0.25) is 15.1 Å². The van der Waals surface area contributed by atoms with Crippen molar-refractivity contribution in [1.82, 2.24) is 10.2 Å². The molecule has 114 valence electrons. The molecule has 0 unspecified atom stereocenters. The van der Waals surface area contributed by atoms with Crippen molar-refractivity contribution in [3.05, 3.63) is 27.2 Å². The first-order chi connectivity index (χ1) is 9.97. The van der Waals surface area contributed by atoms with Gasteiger partial charge < -0.3 is 15.0 Å². The topological polar surface area (TPSA) is 58.6 Å². The van der Waals surface area contributed by atoms with Crippen LogP contribution in [0.25, 0.3) is 0 Å². The van der Waals surface area contributed by atoms with Crippen LogP contribution in [0.5, 0.6) is 5.75 Å². The summed E-state index contributed by atoms with van der Waals surface area (Å²) < 4.78 is 5.38. The highest BCUT2D eigenvalue weighted by Crippen LogP contribution is 2.33. The average Bonchev–Trinajstić information content (AvgIpc) is 2.66. The molecule has 1 aliphatic heterocycles. The number of ether oxygens (including phenoxy) is 1. The maximum atomic E-state index is 12.1. The summed E-state index contributed by atoms with van der Waals surface area (Å²) in [5.74, 6) is 0.0239. The monoisotopic (exact) mass is 350 g/mol. The molecule has 0 bridgehead atoms. The Kier molecular flexibility index (Phi) is 5.56. The molecular formula is C13H13Cl3N2O3. The lowest BCUT2D eigenvalue weighted by Crippen LogP contribution is -2.37. The number of carbonyl (C=O) groups excluding carboxylic acids is 2. The number of nitrogens with one attached hydrogen (secondary N) is 1. The fraction of sp³-hybridized carbons (Fsp3) is 0.385. The lowest BCUT2D eigenvalue weighted by molar-refractivity contribution is -0.133. The summed E-state index contributed by atoms with van der Waals surface area (Å²) in [6.45, 7) is 1.11. The summed E-state index contributed by atoms with van der Waals surface area (Å²) in [5.41, 5.74) is 0. The third-order valence-electron chi connectivity index (χ3n) is 2.99. The van der Waals surface area contributed by atoms with E-state index in [4.69, 9.17) is 39.5 Å². The van der Waals surface area contributed by atoms with Gasteiger partial charge in [-0.15, -0.1) is 0 Å². The molecule has 1 aromatic carbocycles. The molecule has 21 heavy (non-hydrogen) atoms. The molecule has 0 saturated carbocycles. The van der Waals surface area contributed by atoms with Crippen LogP contribution in [0.3, 0.4) is 0 Å². The molecule has 1 aliphatic rings. The van der Waals surface area contributed by atoms with Gasteiger partial charge in [-0.25, -0.2) is 0 Å². The minimum Gasteiger partial charge on any atom is -0.482 e. The van der Waals surface area contributed by atoms with Gasteiger partial charge in [-0.2, -0.15) is 0 Å². The lowest BCUT2D eigenvalue weighted by Gasteiger charge is -2.19. The fourth-order valence-corrected chi connectivity index (χ4v) is 2.45. The Bertz CT molecular complexity index is 566. The normalized spacial score (nSPS) is 15.4. The van der Waals surface area contributed by atoms with Crippen LogP contribution in [-0.2, 0) is 9.59 Å². The van der Waals surface area contributed by atoms with Gasteiger partial charge in [0.1, 0.15) is 5.75 Å². The number of benzene rings is 1. The van der Waals surface area contributed by atoms with Crippen molar-refractivity contribution in [3.63, 3.8) is 0 Å². The Morgan fingerprint density at radius 2 is 1.90 bits per heavy atom. The van der Waals surface area contributed by atoms with E-state index in [0.29, 0.717) is 41.8 Å². The summed E-state index contributed by atoms with van der Waals surface area (Å²) in [7, 11) is 0. The Labute approximate surface area is 137 Å². The van der Waals surface area contributed by atoms with Gasteiger partial charge in [-0.05, 0) is 6.07 Å². The molecular weight excluding hydrogens is 339 g/mol. The van der Waals surface area contributed by atoms with Gasteiger partial charge in [-0.1, -0.05) is 34.8 Å². The molecule has 5 nitrogen and oxygen atoms in total. The van der Waals surface area contributed by atoms with E-state index in [0.717, 1.165) is 0 Å². The minimum absolute atomic E-state index is 0.0567. The van der Waals surface area contributed by atoms with Gasteiger partial charge in [0.2, 0.25) is 5.91 Å². The molecule has 1 aromatic rings. The molecule has 0 atom stereocenters. The second-order valence-corrected chi connectivity index (χ2v) is 5.69. The maximum Gasteiger partial charge on any atom is 0.260 e. The fourth-order valence-electron chi connectivity index (χ4n) is 1.86. The summed E-state index contributed by atoms with van der Waals surface area (Å²) in [4.78, 5) is 24.8. The van der Waals surface area contributed by atoms with E-state index < -0.39 is 0 Å².